The summed E-state index contributed by atoms with van der Waals surface area (Å²) in [5.41, 5.74) is 2.00. The van der Waals surface area contributed by atoms with Gasteiger partial charge in [-0.2, -0.15) is 0 Å². The van der Waals surface area contributed by atoms with Crippen LogP contribution in [0.3, 0.4) is 0 Å². The molecule has 20 heavy (non-hydrogen) atoms. The van der Waals surface area contributed by atoms with Gasteiger partial charge < -0.3 is 15.1 Å². The van der Waals surface area contributed by atoms with Crippen molar-refractivity contribution in [3.8, 4) is 0 Å². The van der Waals surface area contributed by atoms with E-state index in [0.717, 1.165) is 41.8 Å². The standard InChI is InChI=1S/C16H20N2O2/c1-11-13-4-2-3-5-14(13)20-15(11)10-18-16(19)8-12-6-7-17-9-12/h2-5,12,17H,6-10H2,1H3,(H,18,19). The molecule has 0 bridgehead atoms. The summed E-state index contributed by atoms with van der Waals surface area (Å²) in [6.45, 7) is 4.49. The van der Waals surface area contributed by atoms with Crippen molar-refractivity contribution in [2.24, 2.45) is 5.92 Å². The van der Waals surface area contributed by atoms with Crippen LogP contribution in [0.2, 0.25) is 0 Å². The molecular weight excluding hydrogens is 252 g/mol. The Labute approximate surface area is 118 Å². The minimum Gasteiger partial charge on any atom is -0.459 e. The molecule has 4 nitrogen and oxygen atoms in total. The zero-order valence-electron chi connectivity index (χ0n) is 11.7. The molecule has 4 heteroatoms. The van der Waals surface area contributed by atoms with E-state index in [2.05, 4.69) is 10.6 Å². The van der Waals surface area contributed by atoms with Gasteiger partial charge in [-0.15, -0.1) is 0 Å². The molecule has 1 fully saturated rings. The van der Waals surface area contributed by atoms with Crippen LogP contribution in [0.15, 0.2) is 28.7 Å². The van der Waals surface area contributed by atoms with Crippen molar-refractivity contribution in [1.29, 1.82) is 0 Å². The maximum Gasteiger partial charge on any atom is 0.220 e. The molecule has 1 atom stereocenters. The predicted octanol–water partition coefficient (Wildman–Crippen LogP) is 2.36. The normalized spacial score (nSPS) is 18.6. The predicted molar refractivity (Wildman–Crippen MR) is 78.4 cm³/mol. The van der Waals surface area contributed by atoms with Crippen LogP contribution in [0.5, 0.6) is 0 Å². The first-order chi connectivity index (χ1) is 9.74. The number of furan rings is 1. The molecular formula is C16H20N2O2. The number of hydrogen-bond donors (Lipinski definition) is 2. The van der Waals surface area contributed by atoms with Crippen LogP contribution in [0, 0.1) is 12.8 Å². The number of fused-ring (bicyclic) bond motifs is 1. The van der Waals surface area contributed by atoms with Crippen molar-refractivity contribution in [2.45, 2.75) is 26.3 Å². The van der Waals surface area contributed by atoms with Gasteiger partial charge in [-0.05, 0) is 38.4 Å². The molecule has 1 saturated heterocycles. The van der Waals surface area contributed by atoms with E-state index in [4.69, 9.17) is 4.42 Å². The summed E-state index contributed by atoms with van der Waals surface area (Å²) < 4.78 is 5.79. The van der Waals surface area contributed by atoms with Crippen molar-refractivity contribution >= 4 is 16.9 Å². The highest BCUT2D eigenvalue weighted by molar-refractivity contribution is 5.82. The summed E-state index contributed by atoms with van der Waals surface area (Å²) in [6.07, 6.45) is 1.70. The molecule has 3 rings (SSSR count). The Balaban J connectivity index is 1.61. The molecule has 1 aliphatic heterocycles. The molecule has 0 aliphatic carbocycles. The molecule has 1 aliphatic rings. The molecule has 0 radical (unpaired) electrons. The SMILES string of the molecule is Cc1c(CNC(=O)CC2CCNC2)oc2ccccc12. The summed E-state index contributed by atoms with van der Waals surface area (Å²) in [7, 11) is 0. The van der Waals surface area contributed by atoms with Gasteiger partial charge >= 0.3 is 0 Å². The monoisotopic (exact) mass is 272 g/mol. The minimum atomic E-state index is 0.110. The number of benzene rings is 1. The van der Waals surface area contributed by atoms with Gasteiger partial charge in [0.05, 0.1) is 6.54 Å². The van der Waals surface area contributed by atoms with E-state index in [1.165, 1.54) is 0 Å². The van der Waals surface area contributed by atoms with Gasteiger partial charge in [0, 0.05) is 17.4 Å². The fraction of sp³-hybridized carbons (Fsp3) is 0.438. The number of nitrogens with one attached hydrogen (secondary N) is 2. The quantitative estimate of drug-likeness (QED) is 0.898. The first-order valence-corrected chi connectivity index (χ1v) is 7.18. The topological polar surface area (TPSA) is 54.3 Å². The lowest BCUT2D eigenvalue weighted by atomic mass is 10.0. The lowest BCUT2D eigenvalue weighted by molar-refractivity contribution is -0.122. The van der Waals surface area contributed by atoms with Gasteiger partial charge in [-0.1, -0.05) is 18.2 Å². The first kappa shape index (κ1) is 13.2. The maximum atomic E-state index is 11.9. The maximum absolute atomic E-state index is 11.9. The third-order valence-corrected chi connectivity index (χ3v) is 4.03. The largest absolute Gasteiger partial charge is 0.459 e. The zero-order chi connectivity index (χ0) is 13.9. The van der Waals surface area contributed by atoms with Crippen LogP contribution < -0.4 is 10.6 Å². The molecule has 2 N–H and O–H groups in total. The highest BCUT2D eigenvalue weighted by Crippen LogP contribution is 2.24. The molecule has 2 heterocycles. The fourth-order valence-corrected chi connectivity index (χ4v) is 2.80. The van der Waals surface area contributed by atoms with E-state index in [-0.39, 0.29) is 5.91 Å². The van der Waals surface area contributed by atoms with E-state index in [1.54, 1.807) is 0 Å². The second-order valence-electron chi connectivity index (χ2n) is 5.49. The van der Waals surface area contributed by atoms with Crippen molar-refractivity contribution in [2.75, 3.05) is 13.1 Å². The highest BCUT2D eigenvalue weighted by Gasteiger charge is 2.18. The van der Waals surface area contributed by atoms with E-state index < -0.39 is 0 Å². The first-order valence-electron chi connectivity index (χ1n) is 7.18. The van der Waals surface area contributed by atoms with Gasteiger partial charge in [-0.3, -0.25) is 4.79 Å². The van der Waals surface area contributed by atoms with E-state index >= 15 is 0 Å². The highest BCUT2D eigenvalue weighted by atomic mass is 16.3. The third kappa shape index (κ3) is 2.70. The lowest BCUT2D eigenvalue weighted by Gasteiger charge is -2.08. The Morgan fingerprint density at radius 1 is 1.45 bits per heavy atom. The number of carbonyl (C=O) groups is 1. The summed E-state index contributed by atoms with van der Waals surface area (Å²) in [6, 6.07) is 7.96. The van der Waals surface area contributed by atoms with Gasteiger partial charge in [0.2, 0.25) is 5.91 Å². The smallest absolute Gasteiger partial charge is 0.220 e. The van der Waals surface area contributed by atoms with Gasteiger partial charge in [0.25, 0.3) is 0 Å². The fourth-order valence-electron chi connectivity index (χ4n) is 2.80. The van der Waals surface area contributed by atoms with Crippen molar-refractivity contribution < 1.29 is 9.21 Å². The van der Waals surface area contributed by atoms with Crippen LogP contribution in [0.25, 0.3) is 11.0 Å². The van der Waals surface area contributed by atoms with Gasteiger partial charge in [-0.25, -0.2) is 0 Å². The Morgan fingerprint density at radius 2 is 2.30 bits per heavy atom. The number of aryl methyl sites for hydroxylation is 1. The molecule has 106 valence electrons. The summed E-state index contributed by atoms with van der Waals surface area (Å²) in [5.74, 6) is 1.44. The number of amides is 1. The van der Waals surface area contributed by atoms with Crippen LogP contribution >= 0.6 is 0 Å². The third-order valence-electron chi connectivity index (χ3n) is 4.03. The Morgan fingerprint density at radius 3 is 3.05 bits per heavy atom. The van der Waals surface area contributed by atoms with Crippen LogP contribution in [0.1, 0.15) is 24.2 Å². The minimum absolute atomic E-state index is 0.110. The zero-order valence-corrected chi connectivity index (χ0v) is 11.7. The second-order valence-corrected chi connectivity index (χ2v) is 5.49. The molecule has 1 aromatic carbocycles. The molecule has 1 amide bonds. The number of hydrogen-bond acceptors (Lipinski definition) is 3. The second kappa shape index (κ2) is 5.67. The van der Waals surface area contributed by atoms with E-state index in [0.29, 0.717) is 18.9 Å². The van der Waals surface area contributed by atoms with Crippen LogP contribution in [-0.4, -0.2) is 19.0 Å². The van der Waals surface area contributed by atoms with Crippen LogP contribution in [0.4, 0.5) is 0 Å². The van der Waals surface area contributed by atoms with Crippen molar-refractivity contribution in [3.05, 3.63) is 35.6 Å². The molecule has 1 unspecified atom stereocenters. The number of carbonyl (C=O) groups excluding carboxylic acids is 1. The summed E-state index contributed by atoms with van der Waals surface area (Å²) in [5, 5.41) is 7.37. The summed E-state index contributed by atoms with van der Waals surface area (Å²) in [4.78, 5) is 11.9. The number of rotatable bonds is 4. The number of para-hydroxylation sites is 1. The van der Waals surface area contributed by atoms with Gasteiger partial charge in [0.15, 0.2) is 0 Å². The Bertz CT molecular complexity index is 612. The molecule has 1 aromatic heterocycles. The van der Waals surface area contributed by atoms with E-state index in [9.17, 15) is 4.79 Å². The van der Waals surface area contributed by atoms with Crippen molar-refractivity contribution in [1.82, 2.24) is 10.6 Å². The molecule has 0 saturated carbocycles. The summed E-state index contributed by atoms with van der Waals surface area (Å²) >= 11 is 0. The Kier molecular flexibility index (Phi) is 3.74. The molecule has 0 spiro atoms. The average Bonchev–Trinajstić information content (AvgIpc) is 3.06. The average molecular weight is 272 g/mol. The van der Waals surface area contributed by atoms with Crippen molar-refractivity contribution in [3.63, 3.8) is 0 Å². The van der Waals surface area contributed by atoms with E-state index in [1.807, 2.05) is 31.2 Å². The lowest BCUT2D eigenvalue weighted by Crippen LogP contribution is -2.25. The van der Waals surface area contributed by atoms with Gasteiger partial charge in [0.1, 0.15) is 11.3 Å². The van der Waals surface area contributed by atoms with Crippen LogP contribution in [-0.2, 0) is 11.3 Å². The Hall–Kier alpha value is -1.81. The molecule has 2 aromatic rings.